The number of hydrogen-bond donors (Lipinski definition) is 0. The van der Waals surface area contributed by atoms with E-state index in [0.717, 1.165) is 24.2 Å². The minimum Gasteiger partial charge on any atom is -0.460 e. The van der Waals surface area contributed by atoms with E-state index in [0.29, 0.717) is 0 Å². The number of benzene rings is 8. The van der Waals surface area contributed by atoms with Crippen LogP contribution in [0.2, 0.25) is 0 Å². The summed E-state index contributed by atoms with van der Waals surface area (Å²) in [4.78, 5) is 0. The molecule has 10 rings (SSSR count). The highest BCUT2D eigenvalue weighted by Crippen LogP contribution is 2.47. The number of fused-ring (bicyclic) bond motifs is 6. The summed E-state index contributed by atoms with van der Waals surface area (Å²) in [7, 11) is 0. The molecule has 0 atom stereocenters. The third-order valence-electron chi connectivity index (χ3n) is 10.3. The van der Waals surface area contributed by atoms with E-state index < -0.39 is 0 Å². The smallest absolute Gasteiger partial charge is 0.135 e. The molecule has 0 spiro atoms. The average molecular weight is 625 g/mol. The quantitative estimate of drug-likeness (QED) is 0.178. The summed E-state index contributed by atoms with van der Waals surface area (Å²) in [6.07, 6.45) is 6.47. The van der Waals surface area contributed by atoms with Crippen LogP contribution in [0, 0.1) is 0 Å². The Bertz CT molecular complexity index is 2710. The van der Waals surface area contributed by atoms with Gasteiger partial charge in [0.1, 0.15) is 11.3 Å². The predicted octanol–water partition coefficient (Wildman–Crippen LogP) is 13.5. The highest BCUT2D eigenvalue weighted by Gasteiger charge is 2.20. The molecule has 0 saturated heterocycles. The van der Waals surface area contributed by atoms with Gasteiger partial charge in [-0.1, -0.05) is 152 Å². The van der Waals surface area contributed by atoms with Gasteiger partial charge >= 0.3 is 0 Å². The van der Waals surface area contributed by atoms with Crippen molar-refractivity contribution in [2.75, 3.05) is 0 Å². The second-order valence-electron chi connectivity index (χ2n) is 13.1. The molecule has 1 heterocycles. The zero-order valence-electron chi connectivity index (χ0n) is 27.0. The summed E-state index contributed by atoms with van der Waals surface area (Å²) in [5.41, 5.74) is 12.0. The fraction of sp³-hybridized carbons (Fsp3) is 0.0417. The van der Waals surface area contributed by atoms with Crippen molar-refractivity contribution in [3.8, 4) is 44.5 Å². The highest BCUT2D eigenvalue weighted by atomic mass is 16.3. The van der Waals surface area contributed by atoms with E-state index in [4.69, 9.17) is 4.42 Å². The van der Waals surface area contributed by atoms with Gasteiger partial charge in [-0.3, -0.25) is 0 Å². The van der Waals surface area contributed by atoms with Crippen LogP contribution in [-0.2, 0) is 6.42 Å². The molecular formula is C48H32O. The van der Waals surface area contributed by atoms with E-state index in [1.54, 1.807) is 0 Å². The number of allylic oxidation sites excluding steroid dienone is 1. The van der Waals surface area contributed by atoms with Crippen molar-refractivity contribution >= 4 is 49.4 Å². The Hall–Kier alpha value is -6.18. The SMILES string of the molecule is C1=Cc2c(oc3cc(-c4cccc(-c5c6ccccc6c(-c6ccccc6-c6cccc7ccccc67)c6ccccc56)c4)ccc23)CC1. The Morgan fingerprint density at radius 3 is 1.80 bits per heavy atom. The molecule has 0 radical (unpaired) electrons. The number of hydrogen-bond acceptors (Lipinski definition) is 1. The molecule has 1 heteroatoms. The van der Waals surface area contributed by atoms with Crippen molar-refractivity contribution in [1.29, 1.82) is 0 Å². The van der Waals surface area contributed by atoms with Crippen LogP contribution in [0.25, 0.3) is 93.9 Å². The van der Waals surface area contributed by atoms with Crippen molar-refractivity contribution in [2.45, 2.75) is 12.8 Å². The second-order valence-corrected chi connectivity index (χ2v) is 13.1. The van der Waals surface area contributed by atoms with Crippen LogP contribution in [0.3, 0.4) is 0 Å². The van der Waals surface area contributed by atoms with Crippen molar-refractivity contribution in [1.82, 2.24) is 0 Å². The minimum atomic E-state index is 0.963. The zero-order valence-corrected chi connectivity index (χ0v) is 27.0. The molecule has 9 aromatic rings. The van der Waals surface area contributed by atoms with Crippen molar-refractivity contribution in [2.24, 2.45) is 0 Å². The fourth-order valence-corrected chi connectivity index (χ4v) is 8.11. The lowest BCUT2D eigenvalue weighted by Gasteiger charge is -2.20. The summed E-state index contributed by atoms with van der Waals surface area (Å²) >= 11 is 0. The van der Waals surface area contributed by atoms with E-state index >= 15 is 0 Å². The zero-order chi connectivity index (χ0) is 32.3. The summed E-state index contributed by atoms with van der Waals surface area (Å²) < 4.78 is 6.35. The van der Waals surface area contributed by atoms with Crippen LogP contribution in [0.5, 0.6) is 0 Å². The maximum Gasteiger partial charge on any atom is 0.135 e. The lowest BCUT2D eigenvalue weighted by Crippen LogP contribution is -1.93. The van der Waals surface area contributed by atoms with E-state index in [1.165, 1.54) is 87.8 Å². The van der Waals surface area contributed by atoms with Gasteiger partial charge < -0.3 is 4.42 Å². The molecule has 0 unspecified atom stereocenters. The molecule has 8 aromatic carbocycles. The van der Waals surface area contributed by atoms with Gasteiger partial charge in [-0.25, -0.2) is 0 Å². The molecule has 0 fully saturated rings. The maximum atomic E-state index is 6.35. The minimum absolute atomic E-state index is 0.963. The third-order valence-corrected chi connectivity index (χ3v) is 10.3. The molecular weight excluding hydrogens is 593 g/mol. The Morgan fingerprint density at radius 1 is 0.408 bits per heavy atom. The Labute approximate surface area is 285 Å². The molecule has 49 heavy (non-hydrogen) atoms. The monoisotopic (exact) mass is 624 g/mol. The Kier molecular flexibility index (Phi) is 6.38. The van der Waals surface area contributed by atoms with Gasteiger partial charge in [0.15, 0.2) is 0 Å². The van der Waals surface area contributed by atoms with Gasteiger partial charge in [-0.15, -0.1) is 0 Å². The van der Waals surface area contributed by atoms with E-state index in [1.807, 2.05) is 0 Å². The summed E-state index contributed by atoms with van der Waals surface area (Å²) in [6.45, 7) is 0. The van der Waals surface area contributed by atoms with Gasteiger partial charge in [0.2, 0.25) is 0 Å². The maximum absolute atomic E-state index is 6.35. The lowest BCUT2D eigenvalue weighted by molar-refractivity contribution is 0.546. The Morgan fingerprint density at radius 2 is 1.00 bits per heavy atom. The first-order chi connectivity index (χ1) is 24.3. The first-order valence-electron chi connectivity index (χ1n) is 17.2. The van der Waals surface area contributed by atoms with Crippen molar-refractivity contribution in [3.63, 3.8) is 0 Å². The average Bonchev–Trinajstić information content (AvgIpc) is 3.55. The van der Waals surface area contributed by atoms with Crippen LogP contribution in [-0.4, -0.2) is 0 Å². The molecule has 230 valence electrons. The summed E-state index contributed by atoms with van der Waals surface area (Å²) in [6, 6.07) is 57.8. The van der Waals surface area contributed by atoms with Crippen LogP contribution in [0.4, 0.5) is 0 Å². The van der Waals surface area contributed by atoms with Crippen LogP contribution in [0.15, 0.2) is 168 Å². The number of aryl methyl sites for hydroxylation is 1. The molecule has 1 nitrogen and oxygen atoms in total. The normalized spacial score (nSPS) is 12.7. The van der Waals surface area contributed by atoms with E-state index in [2.05, 4.69) is 170 Å². The Balaban J connectivity index is 1.19. The first kappa shape index (κ1) is 27.9. The molecule has 0 amide bonds. The summed E-state index contributed by atoms with van der Waals surface area (Å²) in [5, 5.41) is 8.73. The van der Waals surface area contributed by atoms with Crippen molar-refractivity contribution < 1.29 is 4.42 Å². The second kappa shape index (κ2) is 11.2. The molecule has 1 aliphatic carbocycles. The molecule has 1 aromatic heterocycles. The largest absolute Gasteiger partial charge is 0.460 e. The molecule has 0 saturated carbocycles. The lowest BCUT2D eigenvalue weighted by atomic mass is 9.83. The third kappa shape index (κ3) is 4.47. The van der Waals surface area contributed by atoms with E-state index in [9.17, 15) is 0 Å². The van der Waals surface area contributed by atoms with Crippen molar-refractivity contribution in [3.05, 3.63) is 175 Å². The fourth-order valence-electron chi connectivity index (χ4n) is 8.11. The van der Waals surface area contributed by atoms with Crippen LogP contribution >= 0.6 is 0 Å². The highest BCUT2D eigenvalue weighted by molar-refractivity contribution is 6.23. The predicted molar refractivity (Wildman–Crippen MR) is 208 cm³/mol. The standard InChI is InChI=1S/C48H32O/c1-2-17-35-31(13-1)14-12-25-36(35)37-18-3-4-20-40(37)48-43-23-7-5-21-41(43)47(42-22-6-8-24-44(42)48)34-16-11-15-32(29-34)33-27-28-39-38-19-9-10-26-45(38)49-46(39)30-33/h1-9,11-25,27-30H,10,26H2. The summed E-state index contributed by atoms with van der Waals surface area (Å²) in [5.74, 6) is 1.10. The molecule has 0 N–H and O–H groups in total. The first-order valence-corrected chi connectivity index (χ1v) is 17.2. The number of rotatable bonds is 4. The van der Waals surface area contributed by atoms with Gasteiger partial charge in [-0.2, -0.15) is 0 Å². The van der Waals surface area contributed by atoms with Crippen LogP contribution in [0.1, 0.15) is 17.7 Å². The van der Waals surface area contributed by atoms with Gasteiger partial charge in [0.05, 0.1) is 0 Å². The van der Waals surface area contributed by atoms with Gasteiger partial charge in [0.25, 0.3) is 0 Å². The number of furan rings is 1. The topological polar surface area (TPSA) is 13.1 Å². The molecule has 0 bridgehead atoms. The molecule has 0 aliphatic heterocycles. The van der Waals surface area contributed by atoms with Gasteiger partial charge in [-0.05, 0) is 101 Å². The van der Waals surface area contributed by atoms with E-state index in [-0.39, 0.29) is 0 Å². The van der Waals surface area contributed by atoms with Gasteiger partial charge in [0, 0.05) is 17.4 Å². The van der Waals surface area contributed by atoms with Crippen LogP contribution < -0.4 is 0 Å². The molecule has 1 aliphatic rings.